The Hall–Kier alpha value is -1.09. The van der Waals surface area contributed by atoms with Crippen LogP contribution in [0, 0.1) is 6.92 Å². The van der Waals surface area contributed by atoms with Gasteiger partial charge in [-0.25, -0.2) is 0 Å². The predicted octanol–water partition coefficient (Wildman–Crippen LogP) is 3.45. The van der Waals surface area contributed by atoms with Crippen molar-refractivity contribution < 1.29 is 0 Å². The summed E-state index contributed by atoms with van der Waals surface area (Å²) < 4.78 is 1.00. The standard InChI is InChI=1S/C12H13BrN2/c1-3-10-7(2)11(14)8-5-4-6-9(13)12(8)15-10/h4-6H,3H2,1-2H3,(H2,14,15). The first-order chi connectivity index (χ1) is 7.15. The number of nitrogens with two attached hydrogens (primary N) is 1. The Morgan fingerprint density at radius 1 is 1.40 bits per heavy atom. The molecule has 1 aromatic heterocycles. The van der Waals surface area contributed by atoms with Crippen molar-refractivity contribution in [3.05, 3.63) is 33.9 Å². The van der Waals surface area contributed by atoms with Gasteiger partial charge in [0.05, 0.1) is 5.52 Å². The number of benzene rings is 1. The van der Waals surface area contributed by atoms with Gasteiger partial charge in [0.1, 0.15) is 0 Å². The van der Waals surface area contributed by atoms with E-state index >= 15 is 0 Å². The molecule has 0 spiro atoms. The van der Waals surface area contributed by atoms with Crippen molar-refractivity contribution in [1.82, 2.24) is 4.98 Å². The van der Waals surface area contributed by atoms with Gasteiger partial charge in [0.2, 0.25) is 0 Å². The summed E-state index contributed by atoms with van der Waals surface area (Å²) in [6.45, 7) is 4.12. The third kappa shape index (κ3) is 1.61. The molecule has 1 heterocycles. The molecule has 0 aliphatic rings. The molecule has 78 valence electrons. The minimum absolute atomic E-state index is 0.846. The number of halogens is 1. The van der Waals surface area contributed by atoms with Gasteiger partial charge in [-0.3, -0.25) is 4.98 Å². The fourth-order valence-electron chi connectivity index (χ4n) is 1.77. The van der Waals surface area contributed by atoms with Gasteiger partial charge in [0, 0.05) is 21.2 Å². The molecule has 3 heteroatoms. The number of fused-ring (bicyclic) bond motifs is 1. The van der Waals surface area contributed by atoms with Gasteiger partial charge in [0.25, 0.3) is 0 Å². The number of hydrogen-bond acceptors (Lipinski definition) is 2. The van der Waals surface area contributed by atoms with Crippen LogP contribution in [0.1, 0.15) is 18.2 Å². The Morgan fingerprint density at radius 3 is 2.80 bits per heavy atom. The van der Waals surface area contributed by atoms with Crippen molar-refractivity contribution in [3.8, 4) is 0 Å². The first-order valence-electron chi connectivity index (χ1n) is 4.98. The Morgan fingerprint density at radius 2 is 2.13 bits per heavy atom. The van der Waals surface area contributed by atoms with E-state index in [9.17, 15) is 0 Å². The first-order valence-corrected chi connectivity index (χ1v) is 5.77. The van der Waals surface area contributed by atoms with Crippen LogP contribution < -0.4 is 5.73 Å². The number of aryl methyl sites for hydroxylation is 1. The van der Waals surface area contributed by atoms with Gasteiger partial charge in [-0.1, -0.05) is 19.1 Å². The third-order valence-electron chi connectivity index (χ3n) is 2.70. The fourth-order valence-corrected chi connectivity index (χ4v) is 2.22. The molecule has 0 atom stereocenters. The van der Waals surface area contributed by atoms with Crippen LogP contribution >= 0.6 is 15.9 Å². The van der Waals surface area contributed by atoms with Crippen LogP contribution in [0.5, 0.6) is 0 Å². The highest BCUT2D eigenvalue weighted by atomic mass is 79.9. The van der Waals surface area contributed by atoms with E-state index in [0.29, 0.717) is 0 Å². The van der Waals surface area contributed by atoms with Gasteiger partial charge in [-0.2, -0.15) is 0 Å². The molecule has 0 bridgehead atoms. The van der Waals surface area contributed by atoms with Crippen LogP contribution in [-0.4, -0.2) is 4.98 Å². The van der Waals surface area contributed by atoms with Crippen LogP contribution in [-0.2, 0) is 6.42 Å². The topological polar surface area (TPSA) is 38.9 Å². The number of aromatic nitrogens is 1. The van der Waals surface area contributed by atoms with Crippen LogP contribution in [0.2, 0.25) is 0 Å². The van der Waals surface area contributed by atoms with Gasteiger partial charge < -0.3 is 5.73 Å². The smallest absolute Gasteiger partial charge is 0.0868 e. The molecule has 15 heavy (non-hydrogen) atoms. The molecule has 2 aromatic rings. The van der Waals surface area contributed by atoms with E-state index in [-0.39, 0.29) is 0 Å². The molecule has 0 amide bonds. The average molecular weight is 265 g/mol. The SMILES string of the molecule is CCc1nc2c(Br)cccc2c(N)c1C. The van der Waals surface area contributed by atoms with Crippen LogP contribution in [0.25, 0.3) is 10.9 Å². The van der Waals surface area contributed by atoms with Gasteiger partial charge in [0.15, 0.2) is 0 Å². The summed E-state index contributed by atoms with van der Waals surface area (Å²) in [7, 11) is 0. The fraction of sp³-hybridized carbons (Fsp3) is 0.250. The summed E-state index contributed by atoms with van der Waals surface area (Å²) in [6, 6.07) is 5.98. The van der Waals surface area contributed by atoms with Crippen LogP contribution in [0.4, 0.5) is 5.69 Å². The van der Waals surface area contributed by atoms with E-state index in [2.05, 4.69) is 27.8 Å². The van der Waals surface area contributed by atoms with E-state index in [1.165, 1.54) is 0 Å². The normalized spacial score (nSPS) is 10.9. The molecule has 2 nitrogen and oxygen atoms in total. The quantitative estimate of drug-likeness (QED) is 0.857. The van der Waals surface area contributed by atoms with Crippen molar-refractivity contribution in [3.63, 3.8) is 0 Å². The van der Waals surface area contributed by atoms with Crippen LogP contribution in [0.3, 0.4) is 0 Å². The average Bonchev–Trinajstić information content (AvgIpc) is 2.24. The molecular weight excluding hydrogens is 252 g/mol. The highest BCUT2D eigenvalue weighted by Crippen LogP contribution is 2.29. The zero-order valence-electron chi connectivity index (χ0n) is 8.84. The number of nitrogen functional groups attached to an aromatic ring is 1. The molecule has 0 saturated carbocycles. The number of para-hydroxylation sites is 1. The summed E-state index contributed by atoms with van der Waals surface area (Å²) in [6.07, 6.45) is 0.910. The van der Waals surface area contributed by atoms with Crippen molar-refractivity contribution >= 4 is 32.5 Å². The Bertz CT molecular complexity index is 521. The van der Waals surface area contributed by atoms with Crippen molar-refractivity contribution in [2.45, 2.75) is 20.3 Å². The van der Waals surface area contributed by atoms with Crippen molar-refractivity contribution in [1.29, 1.82) is 0 Å². The first kappa shape index (κ1) is 10.4. The molecule has 0 aliphatic carbocycles. The maximum Gasteiger partial charge on any atom is 0.0868 e. The number of pyridine rings is 1. The Kier molecular flexibility index (Phi) is 2.65. The van der Waals surface area contributed by atoms with Crippen molar-refractivity contribution in [2.24, 2.45) is 0 Å². The summed E-state index contributed by atoms with van der Waals surface area (Å²) in [5, 5.41) is 1.03. The molecule has 2 N–H and O–H groups in total. The lowest BCUT2D eigenvalue weighted by Gasteiger charge is -2.10. The van der Waals surface area contributed by atoms with Gasteiger partial charge in [-0.05, 0) is 40.9 Å². The minimum Gasteiger partial charge on any atom is -0.398 e. The van der Waals surface area contributed by atoms with Gasteiger partial charge >= 0.3 is 0 Å². The summed E-state index contributed by atoms with van der Waals surface area (Å²) in [4.78, 5) is 4.63. The zero-order valence-corrected chi connectivity index (χ0v) is 10.4. The predicted molar refractivity (Wildman–Crippen MR) is 68.0 cm³/mol. The second kappa shape index (κ2) is 3.81. The van der Waals surface area contributed by atoms with Gasteiger partial charge in [-0.15, -0.1) is 0 Å². The maximum absolute atomic E-state index is 6.10. The van der Waals surface area contributed by atoms with Crippen LogP contribution in [0.15, 0.2) is 22.7 Å². The number of rotatable bonds is 1. The second-order valence-corrected chi connectivity index (χ2v) is 4.44. The summed E-state index contributed by atoms with van der Waals surface area (Å²) in [5.74, 6) is 0. The molecule has 0 aliphatic heterocycles. The lowest BCUT2D eigenvalue weighted by molar-refractivity contribution is 1.03. The number of anilines is 1. The van der Waals surface area contributed by atoms with E-state index in [0.717, 1.165) is 38.7 Å². The van der Waals surface area contributed by atoms with E-state index in [4.69, 9.17) is 5.73 Å². The molecule has 0 saturated heterocycles. The van der Waals surface area contributed by atoms with E-state index < -0.39 is 0 Å². The third-order valence-corrected chi connectivity index (χ3v) is 3.34. The lowest BCUT2D eigenvalue weighted by Crippen LogP contribution is -2.00. The summed E-state index contributed by atoms with van der Waals surface area (Å²) in [5.41, 5.74) is 10.1. The molecule has 1 aromatic carbocycles. The molecule has 2 rings (SSSR count). The monoisotopic (exact) mass is 264 g/mol. The molecular formula is C12H13BrN2. The molecule has 0 unspecified atom stereocenters. The lowest BCUT2D eigenvalue weighted by atomic mass is 10.1. The van der Waals surface area contributed by atoms with E-state index in [1.54, 1.807) is 0 Å². The molecule has 0 radical (unpaired) electrons. The van der Waals surface area contributed by atoms with Crippen molar-refractivity contribution in [2.75, 3.05) is 5.73 Å². The number of hydrogen-bond donors (Lipinski definition) is 1. The Labute approximate surface area is 97.6 Å². The highest BCUT2D eigenvalue weighted by Gasteiger charge is 2.09. The molecule has 0 fully saturated rings. The largest absolute Gasteiger partial charge is 0.398 e. The Balaban J connectivity index is 2.91. The second-order valence-electron chi connectivity index (χ2n) is 3.59. The summed E-state index contributed by atoms with van der Waals surface area (Å²) >= 11 is 3.50. The maximum atomic E-state index is 6.10. The zero-order chi connectivity index (χ0) is 11.0. The van der Waals surface area contributed by atoms with E-state index in [1.807, 2.05) is 25.1 Å². The highest BCUT2D eigenvalue weighted by molar-refractivity contribution is 9.10. The number of nitrogens with zero attached hydrogens (tertiary/aromatic N) is 1. The minimum atomic E-state index is 0.846.